The highest BCUT2D eigenvalue weighted by molar-refractivity contribution is 5.96. The van der Waals surface area contributed by atoms with E-state index in [4.69, 9.17) is 19.0 Å². The fourth-order valence-electron chi connectivity index (χ4n) is 7.32. The number of carbonyl (C=O) groups is 2. The van der Waals surface area contributed by atoms with Crippen LogP contribution in [0.4, 0.5) is 4.39 Å². The lowest BCUT2D eigenvalue weighted by Crippen LogP contribution is -2.45. The summed E-state index contributed by atoms with van der Waals surface area (Å²) < 4.78 is 30.9. The number of hydrogen-bond donors (Lipinski definition) is 5. The molecule has 1 aromatic rings. The molecule has 340 valence electrons. The second-order valence-electron chi connectivity index (χ2n) is 16.3. The van der Waals surface area contributed by atoms with E-state index in [1.54, 1.807) is 76.3 Å². The molecule has 0 saturated heterocycles. The van der Waals surface area contributed by atoms with Crippen LogP contribution in [0.25, 0.3) is 0 Å². The first-order valence-electron chi connectivity index (χ1n) is 21.1. The highest BCUT2D eigenvalue weighted by Crippen LogP contribution is 2.30. The second-order valence-corrected chi connectivity index (χ2v) is 16.3. The number of carbonyl (C=O) groups excluding carboxylic acids is 2. The van der Waals surface area contributed by atoms with Crippen molar-refractivity contribution in [3.63, 3.8) is 0 Å². The molecule has 0 saturated carbocycles. The van der Waals surface area contributed by atoms with Crippen LogP contribution in [0.1, 0.15) is 80.7 Å². The minimum atomic E-state index is -1.23. The van der Waals surface area contributed by atoms with Crippen LogP contribution in [0.5, 0.6) is 0 Å². The summed E-state index contributed by atoms with van der Waals surface area (Å²) in [5.41, 5.74) is 2.54. The van der Waals surface area contributed by atoms with E-state index in [-0.39, 0.29) is 47.5 Å². The number of hydrogen-bond acceptors (Lipinski definition) is 11. The van der Waals surface area contributed by atoms with Gasteiger partial charge in [-0.3, -0.25) is 4.79 Å². The van der Waals surface area contributed by atoms with Gasteiger partial charge in [-0.25, -0.2) is 9.18 Å². The van der Waals surface area contributed by atoms with E-state index in [1.165, 1.54) is 32.4 Å². The number of aliphatic hydroxyl groups is 4. The van der Waals surface area contributed by atoms with Crippen LogP contribution in [0.3, 0.4) is 0 Å². The molecule has 0 aliphatic carbocycles. The van der Waals surface area contributed by atoms with E-state index in [0.29, 0.717) is 24.0 Å². The summed E-state index contributed by atoms with van der Waals surface area (Å²) in [5, 5.41) is 52.2. The lowest BCUT2D eigenvalue weighted by Gasteiger charge is -2.34. The molecule has 1 aliphatic heterocycles. The van der Waals surface area contributed by atoms with E-state index in [2.05, 4.69) is 10.5 Å². The fraction of sp³-hybridized carbons (Fsp3) is 0.562. The van der Waals surface area contributed by atoms with Gasteiger partial charge in [-0.05, 0) is 69.4 Å². The van der Waals surface area contributed by atoms with Crippen LogP contribution < -0.4 is 5.32 Å². The summed E-state index contributed by atoms with van der Waals surface area (Å²) in [6.07, 6.45) is 11.0. The number of oxime groups is 1. The molecule has 61 heavy (non-hydrogen) atoms. The maximum absolute atomic E-state index is 13.9. The Balaban J connectivity index is 2.56. The average Bonchev–Trinajstić information content (AvgIpc) is 3.23. The van der Waals surface area contributed by atoms with Gasteiger partial charge in [-0.2, -0.15) is 0 Å². The van der Waals surface area contributed by atoms with Crippen molar-refractivity contribution in [3.05, 3.63) is 107 Å². The molecule has 1 amide bonds. The zero-order valence-electron chi connectivity index (χ0n) is 37.8. The van der Waals surface area contributed by atoms with Crippen LogP contribution in [0.15, 0.2) is 101 Å². The third-order valence-electron chi connectivity index (χ3n) is 11.2. The predicted molar refractivity (Wildman–Crippen MR) is 236 cm³/mol. The number of allylic oxidation sites excluding steroid dienone is 7. The maximum Gasteiger partial charge on any atom is 0.373 e. The summed E-state index contributed by atoms with van der Waals surface area (Å²) in [4.78, 5) is 32.0. The lowest BCUT2D eigenvalue weighted by molar-refractivity contribution is -0.161. The fourth-order valence-corrected chi connectivity index (χ4v) is 7.32. The summed E-state index contributed by atoms with van der Waals surface area (Å²) in [6, 6.07) is 5.72. The number of halogens is 1. The maximum atomic E-state index is 13.9. The number of amides is 1. The third kappa shape index (κ3) is 17.1. The number of esters is 1. The van der Waals surface area contributed by atoms with Gasteiger partial charge in [0.05, 0.1) is 37.2 Å². The zero-order valence-corrected chi connectivity index (χ0v) is 37.8. The SMILES string of the molecule is C/C=C/C(O)C(C)/C=C/C(=N\OCC(=O)NCc1ccc(F)cc1)C(C)C(O)C(C)C1OC(=O)/C(OC)=C/C(C)=C/C(C)C(O)C(CC)C(O)C(C)C/C(C)=C/C=C/C1OC. The molecule has 0 spiro atoms. The first-order valence-corrected chi connectivity index (χ1v) is 21.1. The zero-order chi connectivity index (χ0) is 45.8. The Morgan fingerprint density at radius 2 is 1.74 bits per heavy atom. The van der Waals surface area contributed by atoms with Gasteiger partial charge in [-0.15, -0.1) is 0 Å². The monoisotopic (exact) mass is 855 g/mol. The van der Waals surface area contributed by atoms with Crippen molar-refractivity contribution in [1.82, 2.24) is 5.32 Å². The van der Waals surface area contributed by atoms with E-state index < -0.39 is 66.9 Å². The Labute approximate surface area is 362 Å². The normalized spacial score (nSPS) is 29.6. The van der Waals surface area contributed by atoms with Crippen LogP contribution >= 0.6 is 0 Å². The standard InChI is InChI=1S/C48H71FN2O10/c1-12-15-40(52)31(5)18-23-39(51-60-28-43(53)50-27-36-19-21-37(49)22-20-36)34(8)46(56)35(9)47-41(58-10)17-14-16-29(3)24-32(6)44(54)38(13-2)45(55)33(7)25-30(4)26-42(59-11)48(57)61-47/h12,14-23,25-26,31-35,38,40-41,44-47,52,54-56H,13,24,27-28H2,1-11H3,(H,50,53)/b15-12+,17-14+,23-18+,29-16+,30-25+,42-26-,51-39+. The summed E-state index contributed by atoms with van der Waals surface area (Å²) >= 11 is 0. The molecule has 0 bridgehead atoms. The summed E-state index contributed by atoms with van der Waals surface area (Å²) in [6.45, 7) is 16.2. The van der Waals surface area contributed by atoms with Gasteiger partial charge in [0.15, 0.2) is 6.61 Å². The third-order valence-corrected chi connectivity index (χ3v) is 11.2. The number of benzene rings is 1. The average molecular weight is 855 g/mol. The summed E-state index contributed by atoms with van der Waals surface area (Å²) in [5.74, 6) is -4.61. The number of cyclic esters (lactones) is 1. The van der Waals surface area contributed by atoms with Gasteiger partial charge in [0.2, 0.25) is 5.76 Å². The van der Waals surface area contributed by atoms with Crippen molar-refractivity contribution in [3.8, 4) is 0 Å². The number of methoxy groups -OCH3 is 2. The Kier molecular flexibility index (Phi) is 23.2. The van der Waals surface area contributed by atoms with Crippen LogP contribution in [-0.2, 0) is 35.2 Å². The molecule has 5 N–H and O–H groups in total. The Morgan fingerprint density at radius 1 is 1.07 bits per heavy atom. The topological polar surface area (TPSA) is 176 Å². The number of nitrogens with zero attached hydrogens (tertiary/aromatic N) is 1. The van der Waals surface area contributed by atoms with Crippen molar-refractivity contribution < 1.29 is 53.5 Å². The largest absolute Gasteiger partial charge is 0.490 e. The van der Waals surface area contributed by atoms with Crippen molar-refractivity contribution in [2.45, 2.75) is 118 Å². The Hall–Kier alpha value is -4.40. The number of aliphatic hydroxyl groups excluding tert-OH is 4. The van der Waals surface area contributed by atoms with Crippen LogP contribution in [-0.4, -0.2) is 95.5 Å². The van der Waals surface area contributed by atoms with Crippen LogP contribution in [0, 0.1) is 41.3 Å². The van der Waals surface area contributed by atoms with Gasteiger partial charge in [-0.1, -0.05) is 113 Å². The predicted octanol–water partition coefficient (Wildman–Crippen LogP) is 6.91. The van der Waals surface area contributed by atoms with Crippen molar-refractivity contribution in [2.24, 2.45) is 40.7 Å². The Bertz CT molecular complexity index is 1740. The minimum absolute atomic E-state index is 0.114. The molecule has 1 aromatic carbocycles. The highest BCUT2D eigenvalue weighted by Gasteiger charge is 2.38. The molecule has 1 heterocycles. The van der Waals surface area contributed by atoms with E-state index >= 15 is 0 Å². The van der Waals surface area contributed by atoms with E-state index in [9.17, 15) is 34.4 Å². The number of rotatable bonds is 16. The number of nitrogens with one attached hydrogen (secondary N) is 1. The van der Waals surface area contributed by atoms with Crippen molar-refractivity contribution in [1.29, 1.82) is 0 Å². The first-order chi connectivity index (χ1) is 28.9. The second kappa shape index (κ2) is 26.8. The van der Waals surface area contributed by atoms with Crippen LogP contribution in [0.2, 0.25) is 0 Å². The van der Waals surface area contributed by atoms with Gasteiger partial charge in [0, 0.05) is 43.2 Å². The molecule has 13 heteroatoms. The summed E-state index contributed by atoms with van der Waals surface area (Å²) in [7, 11) is 2.82. The molecule has 12 nitrogen and oxygen atoms in total. The molecule has 1 aliphatic rings. The van der Waals surface area contributed by atoms with Gasteiger partial charge in [0.1, 0.15) is 18.0 Å². The molecule has 0 radical (unpaired) electrons. The molecule has 0 aromatic heterocycles. The minimum Gasteiger partial charge on any atom is -0.490 e. The van der Waals surface area contributed by atoms with Crippen molar-refractivity contribution >= 4 is 17.6 Å². The highest BCUT2D eigenvalue weighted by atomic mass is 19.1. The molecular weight excluding hydrogens is 784 g/mol. The molecule has 0 fully saturated rings. The molecule has 12 unspecified atom stereocenters. The van der Waals surface area contributed by atoms with Crippen molar-refractivity contribution in [2.75, 3.05) is 20.8 Å². The first kappa shape index (κ1) is 52.7. The van der Waals surface area contributed by atoms with Gasteiger partial charge in [0.25, 0.3) is 5.91 Å². The molecular formula is C48H71FN2O10. The number of ether oxygens (including phenoxy) is 3. The molecule has 12 atom stereocenters. The molecule has 2 rings (SSSR count). The van der Waals surface area contributed by atoms with Gasteiger partial charge >= 0.3 is 5.97 Å². The van der Waals surface area contributed by atoms with E-state index in [1.807, 2.05) is 46.8 Å². The Morgan fingerprint density at radius 3 is 2.34 bits per heavy atom. The smallest absolute Gasteiger partial charge is 0.373 e. The quantitative estimate of drug-likeness (QED) is 0.0509. The van der Waals surface area contributed by atoms with E-state index in [0.717, 1.165) is 5.57 Å². The lowest BCUT2D eigenvalue weighted by atomic mass is 9.79. The van der Waals surface area contributed by atoms with Gasteiger partial charge < -0.3 is 44.8 Å².